The fourth-order valence-corrected chi connectivity index (χ4v) is 4.29. The molecule has 0 aromatic heterocycles. The Bertz CT molecular complexity index is 506. The van der Waals surface area contributed by atoms with Crippen molar-refractivity contribution < 1.29 is 14.4 Å². The average molecular weight is 359 g/mol. The Morgan fingerprint density at radius 1 is 1.13 bits per heavy atom. The van der Waals surface area contributed by atoms with Crippen LogP contribution >= 0.6 is 19.4 Å². The van der Waals surface area contributed by atoms with E-state index in [1.54, 1.807) is 11.8 Å². The van der Waals surface area contributed by atoms with Gasteiger partial charge in [0.15, 0.2) is 0 Å². The van der Waals surface area contributed by atoms with Crippen molar-refractivity contribution in [2.24, 2.45) is 5.73 Å². The molecule has 1 atom stereocenters. The monoisotopic (exact) mass is 359 g/mol. The second kappa shape index (κ2) is 9.18. The van der Waals surface area contributed by atoms with Gasteiger partial charge in [-0.2, -0.15) is 0 Å². The van der Waals surface area contributed by atoms with Crippen LogP contribution in [0.1, 0.15) is 6.42 Å². The second-order valence-corrected chi connectivity index (χ2v) is 8.64. The molecule has 6 nitrogen and oxygen atoms in total. The molecule has 130 valence electrons. The van der Waals surface area contributed by atoms with E-state index in [1.165, 1.54) is 4.90 Å². The van der Waals surface area contributed by atoms with Crippen molar-refractivity contribution in [3.05, 3.63) is 30.3 Å². The normalized spacial score (nSPS) is 18.9. The minimum atomic E-state index is -3.94. The zero-order valence-electron chi connectivity index (χ0n) is 13.3. The number of hydrogen-bond acceptors (Lipinski definition) is 5. The van der Waals surface area contributed by atoms with Gasteiger partial charge in [0.25, 0.3) is 0 Å². The fourth-order valence-electron chi connectivity index (χ4n) is 2.57. The minimum Gasteiger partial charge on any atom is -0.327 e. The predicted molar refractivity (Wildman–Crippen MR) is 94.7 cm³/mol. The summed E-state index contributed by atoms with van der Waals surface area (Å²) in [6.07, 6.45) is 0.812. The van der Waals surface area contributed by atoms with Gasteiger partial charge in [0.2, 0.25) is 0 Å². The van der Waals surface area contributed by atoms with E-state index < -0.39 is 7.60 Å². The fraction of sp³-hybridized carbons (Fsp3) is 0.600. The lowest BCUT2D eigenvalue weighted by molar-refractivity contribution is 0.139. The largest absolute Gasteiger partial charge is 0.339 e. The van der Waals surface area contributed by atoms with Gasteiger partial charge in [-0.25, -0.2) is 0 Å². The van der Waals surface area contributed by atoms with Gasteiger partial charge in [0.05, 0.1) is 0 Å². The van der Waals surface area contributed by atoms with E-state index in [2.05, 4.69) is 17.0 Å². The van der Waals surface area contributed by atoms with Crippen LogP contribution in [0.5, 0.6) is 0 Å². The molecule has 1 heterocycles. The van der Waals surface area contributed by atoms with Gasteiger partial charge >= 0.3 is 7.60 Å². The highest BCUT2D eigenvalue weighted by Crippen LogP contribution is 2.35. The third-order valence-electron chi connectivity index (χ3n) is 3.87. The summed E-state index contributed by atoms with van der Waals surface area (Å²) in [5, 5.41) is 0. The summed E-state index contributed by atoms with van der Waals surface area (Å²) < 4.78 is 11.0. The Morgan fingerprint density at radius 2 is 1.74 bits per heavy atom. The molecule has 1 aliphatic heterocycles. The van der Waals surface area contributed by atoms with E-state index in [0.717, 1.165) is 31.8 Å². The van der Waals surface area contributed by atoms with Crippen LogP contribution in [0, 0.1) is 0 Å². The number of piperazine rings is 1. The zero-order valence-corrected chi connectivity index (χ0v) is 15.0. The molecule has 1 fully saturated rings. The molecule has 4 N–H and O–H groups in total. The van der Waals surface area contributed by atoms with Crippen LogP contribution < -0.4 is 5.73 Å². The minimum absolute atomic E-state index is 0.131. The van der Waals surface area contributed by atoms with Crippen molar-refractivity contribution in [2.75, 3.05) is 44.8 Å². The molecule has 23 heavy (non-hydrogen) atoms. The molecule has 0 saturated carbocycles. The van der Waals surface area contributed by atoms with Gasteiger partial charge in [-0.05, 0) is 25.1 Å². The van der Waals surface area contributed by atoms with Crippen LogP contribution in [-0.4, -0.2) is 70.4 Å². The summed E-state index contributed by atoms with van der Waals surface area (Å²) in [7, 11) is -3.94. The SMILES string of the molecule is NC(CCN1CCN(CP(=O)(O)O)CC1)CSc1ccccc1. The van der Waals surface area contributed by atoms with Crippen LogP contribution in [0.3, 0.4) is 0 Å². The first-order chi connectivity index (χ1) is 10.9. The van der Waals surface area contributed by atoms with Gasteiger partial charge in [-0.15, -0.1) is 11.8 Å². The van der Waals surface area contributed by atoms with Crippen molar-refractivity contribution in [2.45, 2.75) is 17.4 Å². The van der Waals surface area contributed by atoms with Crippen molar-refractivity contribution in [3.8, 4) is 0 Å². The van der Waals surface area contributed by atoms with E-state index in [0.29, 0.717) is 13.1 Å². The van der Waals surface area contributed by atoms with Crippen LogP contribution in [0.4, 0.5) is 0 Å². The number of nitrogens with zero attached hydrogens (tertiary/aromatic N) is 2. The molecular formula is C15H26N3O3PS. The summed E-state index contributed by atoms with van der Waals surface area (Å²) in [6.45, 7) is 4.05. The topological polar surface area (TPSA) is 90.0 Å². The number of rotatable bonds is 8. The van der Waals surface area contributed by atoms with Crippen LogP contribution in [0.2, 0.25) is 0 Å². The van der Waals surface area contributed by atoms with E-state index in [9.17, 15) is 4.57 Å². The predicted octanol–water partition coefficient (Wildman–Crippen LogP) is 1.25. The first kappa shape index (κ1) is 18.9. The third-order valence-corrected chi connectivity index (χ3v) is 5.84. The highest BCUT2D eigenvalue weighted by atomic mass is 32.2. The molecule has 1 aromatic rings. The molecule has 1 aromatic carbocycles. The summed E-state index contributed by atoms with van der Waals surface area (Å²) in [4.78, 5) is 23.4. The van der Waals surface area contributed by atoms with Crippen LogP contribution in [-0.2, 0) is 4.57 Å². The molecular weight excluding hydrogens is 333 g/mol. The van der Waals surface area contributed by atoms with Crippen molar-refractivity contribution in [1.82, 2.24) is 9.80 Å². The van der Waals surface area contributed by atoms with Gasteiger partial charge in [-0.1, -0.05) is 18.2 Å². The average Bonchev–Trinajstić information content (AvgIpc) is 2.52. The summed E-state index contributed by atoms with van der Waals surface area (Å²) in [5.41, 5.74) is 6.19. The number of hydrogen-bond donors (Lipinski definition) is 3. The van der Waals surface area contributed by atoms with E-state index in [4.69, 9.17) is 15.5 Å². The smallest absolute Gasteiger partial charge is 0.327 e. The maximum atomic E-state index is 11.0. The van der Waals surface area contributed by atoms with Gasteiger partial charge < -0.3 is 20.4 Å². The van der Waals surface area contributed by atoms with Crippen LogP contribution in [0.25, 0.3) is 0 Å². The molecule has 0 aliphatic carbocycles. The van der Waals surface area contributed by atoms with Crippen molar-refractivity contribution >= 4 is 19.4 Å². The quantitative estimate of drug-likeness (QED) is 0.475. The zero-order chi connectivity index (χ0) is 16.7. The van der Waals surface area contributed by atoms with Crippen molar-refractivity contribution in [1.29, 1.82) is 0 Å². The van der Waals surface area contributed by atoms with E-state index >= 15 is 0 Å². The maximum absolute atomic E-state index is 11.0. The molecule has 8 heteroatoms. The van der Waals surface area contributed by atoms with E-state index in [-0.39, 0.29) is 12.3 Å². The first-order valence-electron chi connectivity index (χ1n) is 7.85. The summed E-state index contributed by atoms with van der Waals surface area (Å²) in [6, 6.07) is 10.4. The van der Waals surface area contributed by atoms with Crippen LogP contribution in [0.15, 0.2) is 35.2 Å². The Hall–Kier alpha value is -0.400. The van der Waals surface area contributed by atoms with E-state index in [1.807, 2.05) is 23.1 Å². The van der Waals surface area contributed by atoms with Gasteiger partial charge in [0.1, 0.15) is 6.29 Å². The molecule has 1 unspecified atom stereocenters. The summed E-state index contributed by atoms with van der Waals surface area (Å²) >= 11 is 1.78. The maximum Gasteiger partial charge on any atom is 0.339 e. The van der Waals surface area contributed by atoms with Gasteiger partial charge in [-0.3, -0.25) is 9.46 Å². The molecule has 0 radical (unpaired) electrons. The number of thioether (sulfide) groups is 1. The third kappa shape index (κ3) is 7.81. The second-order valence-electron chi connectivity index (χ2n) is 5.94. The highest BCUT2D eigenvalue weighted by molar-refractivity contribution is 7.99. The standard InChI is InChI=1S/C15H26N3O3PS/c16-14(12-23-15-4-2-1-3-5-15)6-7-17-8-10-18(11-9-17)13-22(19,20)21/h1-5,14H,6-13,16H2,(H2,19,20,21). The Kier molecular flexibility index (Phi) is 7.56. The Morgan fingerprint density at radius 3 is 2.35 bits per heavy atom. The molecule has 2 rings (SSSR count). The Balaban J connectivity index is 1.60. The van der Waals surface area contributed by atoms with Crippen molar-refractivity contribution in [3.63, 3.8) is 0 Å². The lowest BCUT2D eigenvalue weighted by Crippen LogP contribution is -2.47. The van der Waals surface area contributed by atoms with Gasteiger partial charge in [0, 0.05) is 42.9 Å². The molecule has 0 amide bonds. The molecule has 1 saturated heterocycles. The first-order valence-corrected chi connectivity index (χ1v) is 10.6. The highest BCUT2D eigenvalue weighted by Gasteiger charge is 2.23. The lowest BCUT2D eigenvalue weighted by atomic mass is 10.2. The summed E-state index contributed by atoms with van der Waals surface area (Å²) in [5.74, 6) is 0.905. The number of benzene rings is 1. The molecule has 1 aliphatic rings. The Labute approximate surface area is 142 Å². The molecule has 0 bridgehead atoms. The molecule has 0 spiro atoms. The number of nitrogens with two attached hydrogens (primary N) is 1. The lowest BCUT2D eigenvalue weighted by Gasteiger charge is -2.35.